The van der Waals surface area contributed by atoms with Crippen molar-refractivity contribution < 1.29 is 0 Å². The molecule has 0 aliphatic heterocycles. The number of nitrogens with zero attached hydrogens (tertiary/aromatic N) is 3. The van der Waals surface area contributed by atoms with Crippen LogP contribution in [0.5, 0.6) is 0 Å². The van der Waals surface area contributed by atoms with Crippen molar-refractivity contribution in [2.45, 2.75) is 45.6 Å². The van der Waals surface area contributed by atoms with Crippen molar-refractivity contribution in [1.82, 2.24) is 19.7 Å². The summed E-state index contributed by atoms with van der Waals surface area (Å²) in [4.78, 5) is 4.06. The van der Waals surface area contributed by atoms with Gasteiger partial charge in [-0.25, -0.2) is 0 Å². The second-order valence-corrected chi connectivity index (χ2v) is 6.55. The first-order valence-corrected chi connectivity index (χ1v) is 8.20. The topological polar surface area (TPSA) is 46.5 Å². The molecule has 21 heavy (non-hydrogen) atoms. The van der Waals surface area contributed by atoms with Crippen LogP contribution >= 0.6 is 12.2 Å². The van der Waals surface area contributed by atoms with Crippen molar-refractivity contribution in [2.75, 3.05) is 0 Å². The summed E-state index contributed by atoms with van der Waals surface area (Å²) < 4.78 is 2.84. The Kier molecular flexibility index (Phi) is 4.48. The Labute approximate surface area is 130 Å². The van der Waals surface area contributed by atoms with Crippen LogP contribution in [0.2, 0.25) is 0 Å². The smallest absolute Gasteiger partial charge is 0.195 e. The van der Waals surface area contributed by atoms with Crippen molar-refractivity contribution in [3.63, 3.8) is 0 Å². The number of hydrogen-bond donors (Lipinski definition) is 1. The van der Waals surface area contributed by atoms with E-state index in [1.54, 1.807) is 12.4 Å². The molecule has 1 aliphatic rings. The van der Waals surface area contributed by atoms with Gasteiger partial charge < -0.3 is 4.57 Å². The highest BCUT2D eigenvalue weighted by Gasteiger charge is 2.19. The lowest BCUT2D eigenvalue weighted by Gasteiger charge is -2.26. The van der Waals surface area contributed by atoms with Crippen molar-refractivity contribution in [2.24, 2.45) is 11.8 Å². The van der Waals surface area contributed by atoms with Gasteiger partial charge in [-0.3, -0.25) is 10.1 Å². The fourth-order valence-electron chi connectivity index (χ4n) is 3.38. The van der Waals surface area contributed by atoms with Crippen LogP contribution in [0.15, 0.2) is 24.5 Å². The van der Waals surface area contributed by atoms with E-state index in [2.05, 4.69) is 26.7 Å². The molecule has 0 bridgehead atoms. The Balaban J connectivity index is 1.74. The van der Waals surface area contributed by atoms with E-state index in [-0.39, 0.29) is 0 Å². The minimum atomic E-state index is 0.714. The fraction of sp³-hybridized carbons (Fsp3) is 0.562. The van der Waals surface area contributed by atoms with E-state index >= 15 is 0 Å². The van der Waals surface area contributed by atoms with Gasteiger partial charge in [0, 0.05) is 24.5 Å². The summed E-state index contributed by atoms with van der Waals surface area (Å²) in [6.45, 7) is 3.32. The molecular formula is C16H22N4S. The third-order valence-electron chi connectivity index (χ3n) is 4.50. The van der Waals surface area contributed by atoms with Gasteiger partial charge in [-0.05, 0) is 49.0 Å². The SMILES string of the molecule is CC1CCCC(CCn2c(-c3ccncc3)n[nH]c2=S)C1. The molecule has 2 aromatic heterocycles. The molecular weight excluding hydrogens is 280 g/mol. The predicted octanol–water partition coefficient (Wildman–Crippen LogP) is 4.22. The van der Waals surface area contributed by atoms with Gasteiger partial charge in [-0.2, -0.15) is 5.10 Å². The lowest BCUT2D eigenvalue weighted by molar-refractivity contribution is 0.261. The number of H-pyrrole nitrogens is 1. The van der Waals surface area contributed by atoms with E-state index in [0.29, 0.717) is 4.77 Å². The minimum Gasteiger partial charge on any atom is -0.300 e. The largest absolute Gasteiger partial charge is 0.300 e. The van der Waals surface area contributed by atoms with Gasteiger partial charge in [0.05, 0.1) is 0 Å². The van der Waals surface area contributed by atoms with Crippen LogP contribution in [-0.2, 0) is 6.54 Å². The van der Waals surface area contributed by atoms with Gasteiger partial charge in [-0.15, -0.1) is 0 Å². The third kappa shape index (κ3) is 3.40. The third-order valence-corrected chi connectivity index (χ3v) is 4.81. The van der Waals surface area contributed by atoms with Crippen molar-refractivity contribution in [1.29, 1.82) is 0 Å². The number of aromatic amines is 1. The van der Waals surface area contributed by atoms with E-state index in [4.69, 9.17) is 12.2 Å². The average molecular weight is 302 g/mol. The lowest BCUT2D eigenvalue weighted by atomic mass is 9.81. The second kappa shape index (κ2) is 6.52. The first-order valence-electron chi connectivity index (χ1n) is 7.79. The van der Waals surface area contributed by atoms with Crippen LogP contribution in [0, 0.1) is 16.6 Å². The average Bonchev–Trinajstić information content (AvgIpc) is 2.87. The molecule has 4 nitrogen and oxygen atoms in total. The van der Waals surface area contributed by atoms with Crippen LogP contribution in [-0.4, -0.2) is 19.7 Å². The minimum absolute atomic E-state index is 0.714. The number of hydrogen-bond acceptors (Lipinski definition) is 3. The summed E-state index contributed by atoms with van der Waals surface area (Å²) in [5, 5.41) is 7.31. The molecule has 2 unspecified atom stereocenters. The van der Waals surface area contributed by atoms with Gasteiger partial charge in [0.25, 0.3) is 0 Å². The highest BCUT2D eigenvalue weighted by atomic mass is 32.1. The Morgan fingerprint density at radius 3 is 2.90 bits per heavy atom. The summed E-state index contributed by atoms with van der Waals surface area (Å²) >= 11 is 5.39. The van der Waals surface area contributed by atoms with Crippen LogP contribution in [0.4, 0.5) is 0 Å². The molecule has 0 saturated heterocycles. The predicted molar refractivity (Wildman–Crippen MR) is 86.4 cm³/mol. The maximum absolute atomic E-state index is 5.39. The van der Waals surface area contributed by atoms with Crippen molar-refractivity contribution in [3.8, 4) is 11.4 Å². The van der Waals surface area contributed by atoms with Gasteiger partial charge in [0.2, 0.25) is 0 Å². The molecule has 0 spiro atoms. The first kappa shape index (κ1) is 14.4. The standard InChI is InChI=1S/C16H22N4S/c1-12-3-2-4-13(11-12)7-10-20-15(18-19-16(20)21)14-5-8-17-9-6-14/h5-6,8-9,12-13H,2-4,7,10-11H2,1H3,(H,19,21). The second-order valence-electron chi connectivity index (χ2n) is 6.17. The van der Waals surface area contributed by atoms with Crippen LogP contribution in [0.3, 0.4) is 0 Å². The van der Waals surface area contributed by atoms with Gasteiger partial charge in [0.1, 0.15) is 0 Å². The van der Waals surface area contributed by atoms with E-state index in [0.717, 1.165) is 29.8 Å². The Bertz CT molecular complexity index is 631. The van der Waals surface area contributed by atoms with Crippen LogP contribution < -0.4 is 0 Å². The molecule has 2 aromatic rings. The number of pyridine rings is 1. The maximum atomic E-state index is 5.39. The molecule has 0 radical (unpaired) electrons. The zero-order valence-electron chi connectivity index (χ0n) is 12.5. The molecule has 112 valence electrons. The molecule has 3 rings (SSSR count). The highest BCUT2D eigenvalue weighted by Crippen LogP contribution is 2.31. The summed E-state index contributed by atoms with van der Waals surface area (Å²) in [6.07, 6.45) is 10.3. The van der Waals surface area contributed by atoms with E-state index in [9.17, 15) is 0 Å². The molecule has 0 amide bonds. The summed E-state index contributed by atoms with van der Waals surface area (Å²) in [7, 11) is 0. The zero-order valence-corrected chi connectivity index (χ0v) is 13.3. The van der Waals surface area contributed by atoms with E-state index < -0.39 is 0 Å². The summed E-state index contributed by atoms with van der Waals surface area (Å²) in [5.74, 6) is 2.63. The molecule has 2 atom stereocenters. The molecule has 2 heterocycles. The van der Waals surface area contributed by atoms with Gasteiger partial charge in [0.15, 0.2) is 10.6 Å². The first-order chi connectivity index (χ1) is 10.2. The Morgan fingerprint density at radius 2 is 2.14 bits per heavy atom. The quantitative estimate of drug-likeness (QED) is 0.860. The number of nitrogens with one attached hydrogen (secondary N) is 1. The van der Waals surface area contributed by atoms with Crippen molar-refractivity contribution in [3.05, 3.63) is 29.3 Å². The molecule has 1 aliphatic carbocycles. The summed E-state index contributed by atoms with van der Waals surface area (Å²) in [6, 6.07) is 3.95. The Hall–Kier alpha value is -1.49. The monoisotopic (exact) mass is 302 g/mol. The maximum Gasteiger partial charge on any atom is 0.195 e. The number of rotatable bonds is 4. The summed E-state index contributed by atoms with van der Waals surface area (Å²) in [5.41, 5.74) is 1.06. The van der Waals surface area contributed by atoms with Gasteiger partial charge >= 0.3 is 0 Å². The fourth-order valence-corrected chi connectivity index (χ4v) is 3.60. The number of aromatic nitrogens is 4. The van der Waals surface area contributed by atoms with Crippen LogP contribution in [0.25, 0.3) is 11.4 Å². The lowest BCUT2D eigenvalue weighted by Crippen LogP contribution is -2.15. The van der Waals surface area contributed by atoms with E-state index in [1.807, 2.05) is 12.1 Å². The molecule has 1 fully saturated rings. The zero-order chi connectivity index (χ0) is 14.7. The van der Waals surface area contributed by atoms with Gasteiger partial charge in [-0.1, -0.05) is 26.2 Å². The molecule has 1 N–H and O–H groups in total. The highest BCUT2D eigenvalue weighted by molar-refractivity contribution is 7.71. The molecule has 5 heteroatoms. The Morgan fingerprint density at radius 1 is 1.33 bits per heavy atom. The molecule has 1 saturated carbocycles. The van der Waals surface area contributed by atoms with Crippen LogP contribution in [0.1, 0.15) is 39.0 Å². The normalized spacial score (nSPS) is 22.3. The van der Waals surface area contributed by atoms with E-state index in [1.165, 1.54) is 32.1 Å². The van der Waals surface area contributed by atoms with Crippen molar-refractivity contribution >= 4 is 12.2 Å². The molecule has 0 aromatic carbocycles.